The first-order valence-electron chi connectivity index (χ1n) is 8.59. The van der Waals surface area contributed by atoms with Gasteiger partial charge in [-0.25, -0.2) is 4.39 Å². The van der Waals surface area contributed by atoms with Crippen molar-refractivity contribution in [1.82, 2.24) is 10.6 Å². The summed E-state index contributed by atoms with van der Waals surface area (Å²) in [6.07, 6.45) is 0.765. The van der Waals surface area contributed by atoms with Crippen molar-refractivity contribution in [3.8, 4) is 17.2 Å². The minimum Gasteiger partial charge on any atom is -0.493 e. The van der Waals surface area contributed by atoms with E-state index in [9.17, 15) is 4.39 Å². The summed E-state index contributed by atoms with van der Waals surface area (Å²) in [5.74, 6) is 2.21. The third-order valence-corrected chi connectivity index (χ3v) is 4.07. The van der Waals surface area contributed by atoms with Crippen molar-refractivity contribution in [3.05, 3.63) is 53.3 Å². The summed E-state index contributed by atoms with van der Waals surface area (Å²) >= 11 is 0. The Bertz CT molecular complexity index is 764. The fourth-order valence-electron chi connectivity index (χ4n) is 2.68. The van der Waals surface area contributed by atoms with E-state index in [1.165, 1.54) is 12.1 Å². The average molecular weight is 375 g/mol. The van der Waals surface area contributed by atoms with Crippen LogP contribution in [-0.4, -0.2) is 40.9 Å². The van der Waals surface area contributed by atoms with Crippen LogP contribution in [0.3, 0.4) is 0 Å². The maximum absolute atomic E-state index is 12.9. The predicted octanol–water partition coefficient (Wildman–Crippen LogP) is 2.76. The van der Waals surface area contributed by atoms with Crippen LogP contribution in [0.2, 0.25) is 0 Å². The van der Waals surface area contributed by atoms with Gasteiger partial charge in [0.15, 0.2) is 17.5 Å². The van der Waals surface area contributed by atoms with Gasteiger partial charge in [0.25, 0.3) is 0 Å². The van der Waals surface area contributed by atoms with Crippen LogP contribution in [0.5, 0.6) is 17.2 Å². The Morgan fingerprint density at radius 2 is 1.63 bits per heavy atom. The molecule has 0 amide bonds. The first-order chi connectivity index (χ1) is 13.1. The lowest BCUT2D eigenvalue weighted by atomic mass is 10.1. The van der Waals surface area contributed by atoms with Crippen molar-refractivity contribution in [3.63, 3.8) is 0 Å². The van der Waals surface area contributed by atoms with E-state index < -0.39 is 0 Å². The first kappa shape index (κ1) is 20.4. The van der Waals surface area contributed by atoms with Crippen LogP contribution in [0.25, 0.3) is 0 Å². The van der Waals surface area contributed by atoms with Gasteiger partial charge in [-0.2, -0.15) is 0 Å². The molecule has 0 radical (unpaired) electrons. The Morgan fingerprint density at radius 1 is 0.926 bits per heavy atom. The van der Waals surface area contributed by atoms with Crippen LogP contribution in [0.1, 0.15) is 11.1 Å². The average Bonchev–Trinajstić information content (AvgIpc) is 2.70. The molecule has 2 aromatic rings. The van der Waals surface area contributed by atoms with Gasteiger partial charge in [-0.1, -0.05) is 12.1 Å². The van der Waals surface area contributed by atoms with Gasteiger partial charge in [-0.3, -0.25) is 4.99 Å². The Labute approximate surface area is 159 Å². The van der Waals surface area contributed by atoms with Gasteiger partial charge in [0.2, 0.25) is 5.75 Å². The molecular formula is C20H26FN3O3. The van der Waals surface area contributed by atoms with Gasteiger partial charge in [0.1, 0.15) is 5.82 Å². The second kappa shape index (κ2) is 10.3. The molecule has 6 nitrogen and oxygen atoms in total. The number of hydrogen-bond donors (Lipinski definition) is 2. The lowest BCUT2D eigenvalue weighted by Crippen LogP contribution is -2.37. The summed E-state index contributed by atoms with van der Waals surface area (Å²) in [5.41, 5.74) is 1.97. The van der Waals surface area contributed by atoms with Gasteiger partial charge < -0.3 is 24.8 Å². The van der Waals surface area contributed by atoms with Crippen LogP contribution < -0.4 is 24.8 Å². The topological polar surface area (TPSA) is 64.1 Å². The lowest BCUT2D eigenvalue weighted by Gasteiger charge is -2.17. The van der Waals surface area contributed by atoms with Gasteiger partial charge in [0.05, 0.1) is 21.3 Å². The molecule has 2 aromatic carbocycles. The van der Waals surface area contributed by atoms with Crippen molar-refractivity contribution in [2.75, 3.05) is 34.9 Å². The molecule has 0 atom stereocenters. The molecule has 2 N–H and O–H groups in total. The highest BCUT2D eigenvalue weighted by atomic mass is 19.1. The third-order valence-electron chi connectivity index (χ3n) is 4.07. The van der Waals surface area contributed by atoms with Crippen LogP contribution >= 0.6 is 0 Å². The SMILES string of the molecule is CN=C(NCCc1ccc(F)cc1)NCc1ccc(OC)c(OC)c1OC. The molecule has 0 unspecified atom stereocenters. The Balaban J connectivity index is 1.94. The highest BCUT2D eigenvalue weighted by Crippen LogP contribution is 2.39. The largest absolute Gasteiger partial charge is 0.493 e. The van der Waals surface area contributed by atoms with Gasteiger partial charge in [-0.15, -0.1) is 0 Å². The summed E-state index contributed by atoms with van der Waals surface area (Å²) in [7, 11) is 6.46. The quantitative estimate of drug-likeness (QED) is 0.549. The molecular weight excluding hydrogens is 349 g/mol. The molecule has 2 rings (SSSR count). The van der Waals surface area contributed by atoms with Crippen LogP contribution in [0, 0.1) is 5.82 Å². The van der Waals surface area contributed by atoms with Crippen LogP contribution in [-0.2, 0) is 13.0 Å². The zero-order chi connectivity index (χ0) is 19.6. The molecule has 146 valence electrons. The van der Waals surface area contributed by atoms with E-state index in [1.54, 1.807) is 40.5 Å². The van der Waals surface area contributed by atoms with Crippen molar-refractivity contribution < 1.29 is 18.6 Å². The second-order valence-electron chi connectivity index (χ2n) is 5.72. The van der Waals surface area contributed by atoms with E-state index in [0.29, 0.717) is 36.3 Å². The molecule has 0 saturated heterocycles. The maximum Gasteiger partial charge on any atom is 0.203 e. The summed E-state index contributed by atoms with van der Waals surface area (Å²) < 4.78 is 29.1. The molecule has 7 heteroatoms. The molecule has 0 bridgehead atoms. The first-order valence-corrected chi connectivity index (χ1v) is 8.59. The predicted molar refractivity (Wildman–Crippen MR) is 104 cm³/mol. The number of hydrogen-bond acceptors (Lipinski definition) is 4. The molecule has 0 aromatic heterocycles. The fourth-order valence-corrected chi connectivity index (χ4v) is 2.68. The molecule has 0 aliphatic rings. The van der Waals surface area contributed by atoms with E-state index in [0.717, 1.165) is 17.5 Å². The zero-order valence-corrected chi connectivity index (χ0v) is 16.1. The Kier molecular flexibility index (Phi) is 7.73. The van der Waals surface area contributed by atoms with Crippen molar-refractivity contribution in [2.45, 2.75) is 13.0 Å². The fraction of sp³-hybridized carbons (Fsp3) is 0.350. The Hall–Kier alpha value is -2.96. The van der Waals surface area contributed by atoms with Crippen molar-refractivity contribution >= 4 is 5.96 Å². The lowest BCUT2D eigenvalue weighted by molar-refractivity contribution is 0.322. The minimum absolute atomic E-state index is 0.229. The van der Waals surface area contributed by atoms with E-state index >= 15 is 0 Å². The number of methoxy groups -OCH3 is 3. The third kappa shape index (κ3) is 5.51. The monoisotopic (exact) mass is 375 g/mol. The standard InChI is InChI=1S/C20H26FN3O3/c1-22-20(23-12-11-14-5-8-16(21)9-6-14)24-13-15-7-10-17(25-2)19(27-4)18(15)26-3/h5-10H,11-13H2,1-4H3,(H2,22,23,24). The number of halogens is 1. The zero-order valence-electron chi connectivity index (χ0n) is 16.1. The van der Waals surface area contributed by atoms with Gasteiger partial charge >= 0.3 is 0 Å². The number of benzene rings is 2. The van der Waals surface area contributed by atoms with E-state index in [-0.39, 0.29) is 5.82 Å². The summed E-state index contributed by atoms with van der Waals surface area (Å²) in [4.78, 5) is 4.22. The highest BCUT2D eigenvalue weighted by molar-refractivity contribution is 5.79. The number of aliphatic imine (C=N–C) groups is 1. The van der Waals surface area contributed by atoms with E-state index in [2.05, 4.69) is 15.6 Å². The molecule has 0 spiro atoms. The van der Waals surface area contributed by atoms with Crippen molar-refractivity contribution in [1.29, 1.82) is 0 Å². The molecule has 0 heterocycles. The summed E-state index contributed by atoms with van der Waals surface area (Å²) in [6, 6.07) is 10.2. The van der Waals surface area contributed by atoms with Gasteiger partial charge in [0, 0.05) is 25.7 Å². The number of nitrogens with zero attached hydrogens (tertiary/aromatic N) is 1. The number of rotatable bonds is 8. The van der Waals surface area contributed by atoms with Crippen molar-refractivity contribution in [2.24, 2.45) is 4.99 Å². The molecule has 0 fully saturated rings. The smallest absolute Gasteiger partial charge is 0.203 e. The normalized spacial score (nSPS) is 11.1. The van der Waals surface area contributed by atoms with Crippen LogP contribution in [0.4, 0.5) is 4.39 Å². The second-order valence-corrected chi connectivity index (χ2v) is 5.72. The summed E-state index contributed by atoms with van der Waals surface area (Å²) in [6.45, 7) is 1.17. The minimum atomic E-state index is -0.229. The number of guanidine groups is 1. The van der Waals surface area contributed by atoms with E-state index in [4.69, 9.17) is 14.2 Å². The Morgan fingerprint density at radius 3 is 2.22 bits per heavy atom. The number of ether oxygens (including phenoxy) is 3. The molecule has 0 aliphatic carbocycles. The van der Waals surface area contributed by atoms with Crippen LogP contribution in [0.15, 0.2) is 41.4 Å². The molecule has 0 aliphatic heterocycles. The highest BCUT2D eigenvalue weighted by Gasteiger charge is 2.15. The summed E-state index contributed by atoms with van der Waals surface area (Å²) in [5, 5.41) is 6.49. The number of nitrogens with one attached hydrogen (secondary N) is 2. The maximum atomic E-state index is 12.9. The van der Waals surface area contributed by atoms with E-state index in [1.807, 2.05) is 12.1 Å². The molecule has 27 heavy (non-hydrogen) atoms. The van der Waals surface area contributed by atoms with Gasteiger partial charge in [-0.05, 0) is 36.2 Å². The molecule has 0 saturated carbocycles.